The Morgan fingerprint density at radius 3 is 1.94 bits per heavy atom. The lowest BCUT2D eigenvalue weighted by atomic mass is 9.52. The van der Waals surface area contributed by atoms with Gasteiger partial charge in [0, 0.05) is 12.8 Å². The molecule has 0 spiro atoms. The average Bonchev–Trinajstić information content (AvgIpc) is 3.00. The van der Waals surface area contributed by atoms with E-state index in [-0.39, 0.29) is 12.8 Å². The number of aliphatic hydroxyl groups is 1. The fraction of sp³-hybridized carbons (Fsp3) is 0.789. The smallest absolute Gasteiger partial charge is 0.426 e. The summed E-state index contributed by atoms with van der Waals surface area (Å²) in [6.07, 6.45) is -11.5. The Morgan fingerprint density at radius 1 is 0.846 bits per heavy atom. The zero-order chi connectivity index (χ0) is 39.0. The van der Waals surface area contributed by atoms with Gasteiger partial charge in [-0.2, -0.15) is 26.3 Å². The monoisotopic (exact) mass is 752 g/mol. The van der Waals surface area contributed by atoms with Crippen LogP contribution < -0.4 is 0 Å². The maximum Gasteiger partial charge on any atom is 0.426 e. The molecule has 4 fully saturated rings. The summed E-state index contributed by atoms with van der Waals surface area (Å²) in [5, 5.41) is 9.58. The minimum absolute atomic E-state index is 0.0699. The molecule has 1 N–H and O–H groups in total. The van der Waals surface area contributed by atoms with Gasteiger partial charge in [-0.3, -0.25) is 9.59 Å². The largest absolute Gasteiger partial charge is 0.462 e. The van der Waals surface area contributed by atoms with Gasteiger partial charge in [-0.1, -0.05) is 37.3 Å². The van der Waals surface area contributed by atoms with Gasteiger partial charge in [0.1, 0.15) is 11.7 Å². The topological polar surface area (TPSA) is 101 Å². The molecular weight excluding hydrogens is 698 g/mol. The molecular formula is C38H54F6O8. The lowest BCUT2D eigenvalue weighted by Crippen LogP contribution is -2.62. The maximum absolute atomic E-state index is 13.9. The van der Waals surface area contributed by atoms with Crippen molar-refractivity contribution in [3.05, 3.63) is 35.9 Å². The van der Waals surface area contributed by atoms with Crippen molar-refractivity contribution in [1.29, 1.82) is 0 Å². The quantitative estimate of drug-likeness (QED) is 0.0731. The summed E-state index contributed by atoms with van der Waals surface area (Å²) < 4.78 is 110. The van der Waals surface area contributed by atoms with Crippen LogP contribution in [0.3, 0.4) is 0 Å². The Kier molecular flexibility index (Phi) is 12.2. The van der Waals surface area contributed by atoms with E-state index in [0.717, 1.165) is 31.7 Å². The van der Waals surface area contributed by atoms with E-state index >= 15 is 0 Å². The number of hydrogen-bond acceptors (Lipinski definition) is 8. The lowest BCUT2D eigenvalue weighted by Gasteiger charge is -2.61. The van der Waals surface area contributed by atoms with Crippen LogP contribution in [0, 0.1) is 22.7 Å². The minimum Gasteiger partial charge on any atom is -0.462 e. The van der Waals surface area contributed by atoms with Crippen LogP contribution in [0.1, 0.15) is 112 Å². The highest BCUT2D eigenvalue weighted by atomic mass is 19.4. The predicted molar refractivity (Wildman–Crippen MR) is 177 cm³/mol. The molecule has 296 valence electrons. The third-order valence-electron chi connectivity index (χ3n) is 11.1. The molecule has 4 aliphatic carbocycles. The van der Waals surface area contributed by atoms with Gasteiger partial charge in [0.25, 0.3) is 5.60 Å². The van der Waals surface area contributed by atoms with Gasteiger partial charge in [0.05, 0.1) is 36.3 Å². The van der Waals surface area contributed by atoms with Crippen LogP contribution >= 0.6 is 0 Å². The number of hydrogen-bond donors (Lipinski definition) is 1. The van der Waals surface area contributed by atoms with E-state index in [2.05, 4.69) is 0 Å². The zero-order valence-electron chi connectivity index (χ0n) is 31.2. The highest BCUT2D eigenvalue weighted by Gasteiger charge is 2.71. The fourth-order valence-electron chi connectivity index (χ4n) is 8.70. The van der Waals surface area contributed by atoms with E-state index in [1.807, 2.05) is 44.2 Å². The Morgan fingerprint density at radius 2 is 1.40 bits per heavy atom. The molecule has 52 heavy (non-hydrogen) atoms. The molecule has 0 aromatic heterocycles. The molecule has 1 aromatic rings. The van der Waals surface area contributed by atoms with Crippen molar-refractivity contribution in [1.82, 2.24) is 0 Å². The first-order valence-corrected chi connectivity index (χ1v) is 18.0. The van der Waals surface area contributed by atoms with Crippen LogP contribution in [-0.4, -0.2) is 71.3 Å². The van der Waals surface area contributed by atoms with Crippen molar-refractivity contribution in [2.45, 2.75) is 154 Å². The molecule has 14 heteroatoms. The van der Waals surface area contributed by atoms with E-state index in [4.69, 9.17) is 23.7 Å². The molecule has 4 aliphatic rings. The molecule has 8 nitrogen and oxygen atoms in total. The standard InChI is InChI=1S/C38H54F6O8/c1-8-33(7,30(46)51-25(2)17-36(47,37(39,40)41)38(42,43)44)23-31(3,4)29(45)52-35-20-27-16-28(21-35)19-34(18-27,24-35)49-15-14-48-32(5,6)50-22-26-12-10-9-11-13-26/h9-13,25,27-28,47H,8,14-24H2,1-7H3. The molecule has 0 amide bonds. The average molecular weight is 753 g/mol. The summed E-state index contributed by atoms with van der Waals surface area (Å²) in [6, 6.07) is 9.78. The first-order chi connectivity index (χ1) is 23.8. The number of carbonyl (C=O) groups excluding carboxylic acids is 2. The van der Waals surface area contributed by atoms with Crippen molar-refractivity contribution < 1.29 is 64.7 Å². The van der Waals surface area contributed by atoms with Crippen LogP contribution in [-0.2, 0) is 39.9 Å². The van der Waals surface area contributed by atoms with Gasteiger partial charge in [-0.15, -0.1) is 0 Å². The van der Waals surface area contributed by atoms with Crippen LogP contribution in [0.25, 0.3) is 0 Å². The van der Waals surface area contributed by atoms with Crippen molar-refractivity contribution in [3.63, 3.8) is 0 Å². The predicted octanol–water partition coefficient (Wildman–Crippen LogP) is 8.62. The van der Waals surface area contributed by atoms with Crippen molar-refractivity contribution >= 4 is 11.9 Å². The summed E-state index contributed by atoms with van der Waals surface area (Å²) in [6.45, 7) is 11.8. The van der Waals surface area contributed by atoms with Crippen LogP contribution in [0.15, 0.2) is 30.3 Å². The summed E-state index contributed by atoms with van der Waals surface area (Å²) in [4.78, 5) is 27.2. The molecule has 0 radical (unpaired) electrons. The second-order valence-corrected chi connectivity index (χ2v) is 16.8. The van der Waals surface area contributed by atoms with Gasteiger partial charge in [0.15, 0.2) is 5.79 Å². The Hall–Kier alpha value is -2.42. The maximum atomic E-state index is 13.9. The van der Waals surface area contributed by atoms with Crippen molar-refractivity contribution in [3.8, 4) is 0 Å². The van der Waals surface area contributed by atoms with Gasteiger partial charge < -0.3 is 28.8 Å². The van der Waals surface area contributed by atoms with E-state index in [9.17, 15) is 41.0 Å². The van der Waals surface area contributed by atoms with Gasteiger partial charge in [0.2, 0.25) is 0 Å². The molecule has 4 saturated carbocycles. The number of esters is 2. The molecule has 4 bridgehead atoms. The second-order valence-electron chi connectivity index (χ2n) is 16.8. The molecule has 5 rings (SSSR count). The minimum atomic E-state index is -6.05. The second kappa shape index (κ2) is 15.0. The Balaban J connectivity index is 1.35. The fourth-order valence-corrected chi connectivity index (χ4v) is 8.70. The zero-order valence-corrected chi connectivity index (χ0v) is 31.2. The van der Waals surface area contributed by atoms with Gasteiger partial charge in [-0.05, 0) is 104 Å². The summed E-state index contributed by atoms with van der Waals surface area (Å²) in [5.41, 5.74) is -8.03. The van der Waals surface area contributed by atoms with Crippen LogP contribution in [0.5, 0.6) is 0 Å². The highest BCUT2D eigenvalue weighted by Crippen LogP contribution is 2.60. The Bertz CT molecular complexity index is 1370. The number of alkyl halides is 6. The first kappa shape index (κ1) is 42.3. The summed E-state index contributed by atoms with van der Waals surface area (Å²) in [7, 11) is 0. The van der Waals surface area contributed by atoms with Gasteiger partial charge >= 0.3 is 24.3 Å². The third-order valence-corrected chi connectivity index (χ3v) is 11.1. The summed E-state index contributed by atoms with van der Waals surface area (Å²) >= 11 is 0. The normalized spacial score (nSPS) is 26.9. The van der Waals surface area contributed by atoms with Crippen LogP contribution in [0.2, 0.25) is 0 Å². The van der Waals surface area contributed by atoms with E-state index in [1.165, 1.54) is 6.92 Å². The Labute approximate surface area is 302 Å². The number of benzene rings is 1. The molecule has 4 atom stereocenters. The SMILES string of the molecule is CCC(C)(CC(C)(C)C(=O)OC12CC3CC(CC(OCCOC(C)(C)OCc4ccccc4)(C3)C1)C2)C(=O)OC(C)CC(O)(C(F)(F)F)C(F)(F)F. The highest BCUT2D eigenvalue weighted by molar-refractivity contribution is 5.80. The molecule has 1 aromatic carbocycles. The number of carbonyl (C=O) groups is 2. The number of halogens is 6. The molecule has 4 unspecified atom stereocenters. The van der Waals surface area contributed by atoms with E-state index < -0.39 is 70.2 Å². The molecule has 0 heterocycles. The lowest BCUT2D eigenvalue weighted by molar-refractivity contribution is -0.373. The third kappa shape index (κ3) is 9.62. The summed E-state index contributed by atoms with van der Waals surface area (Å²) in [5.74, 6) is -1.88. The number of ether oxygens (including phenoxy) is 5. The van der Waals surface area contributed by atoms with Crippen molar-refractivity contribution in [2.75, 3.05) is 13.2 Å². The van der Waals surface area contributed by atoms with Gasteiger partial charge in [-0.25, -0.2) is 0 Å². The number of rotatable bonds is 17. The van der Waals surface area contributed by atoms with E-state index in [0.29, 0.717) is 50.9 Å². The van der Waals surface area contributed by atoms with E-state index in [1.54, 1.807) is 20.8 Å². The molecule has 0 aliphatic heterocycles. The first-order valence-electron chi connectivity index (χ1n) is 18.0. The van der Waals surface area contributed by atoms with Crippen molar-refractivity contribution in [2.24, 2.45) is 22.7 Å². The van der Waals surface area contributed by atoms with Crippen LogP contribution in [0.4, 0.5) is 26.3 Å². The molecule has 0 saturated heterocycles.